The molecule has 0 atom stereocenters. The Balaban J connectivity index is 2.33. The summed E-state index contributed by atoms with van der Waals surface area (Å²) >= 11 is 1.15. The van der Waals surface area contributed by atoms with Gasteiger partial charge in [-0.2, -0.15) is 9.36 Å². The molecule has 1 amide bonds. The number of rotatable bonds is 3. The Hall–Kier alpha value is -1.96. The Labute approximate surface area is 101 Å². The van der Waals surface area contributed by atoms with Gasteiger partial charge in [0, 0.05) is 6.54 Å². The number of hydrogen-bond acceptors (Lipinski definition) is 7. The predicted octanol–water partition coefficient (Wildman–Crippen LogP) is 0.833. The van der Waals surface area contributed by atoms with Crippen molar-refractivity contribution in [3.05, 3.63) is 11.5 Å². The van der Waals surface area contributed by atoms with E-state index < -0.39 is 0 Å². The summed E-state index contributed by atoms with van der Waals surface area (Å²) < 4.78 is 9.07. The SMILES string of the molecule is CCNC(=O)c1noc(-c2c(C)nsc2N)n1. The van der Waals surface area contributed by atoms with Crippen LogP contribution in [0.2, 0.25) is 0 Å². The smallest absolute Gasteiger partial charge is 0.292 e. The van der Waals surface area contributed by atoms with E-state index in [0.717, 1.165) is 11.5 Å². The van der Waals surface area contributed by atoms with Crippen molar-refractivity contribution >= 4 is 22.4 Å². The molecule has 17 heavy (non-hydrogen) atoms. The highest BCUT2D eigenvalue weighted by Gasteiger charge is 2.20. The van der Waals surface area contributed by atoms with E-state index in [9.17, 15) is 4.79 Å². The third kappa shape index (κ3) is 2.11. The molecule has 8 heteroatoms. The Bertz CT molecular complexity index is 528. The maximum absolute atomic E-state index is 11.5. The van der Waals surface area contributed by atoms with Crippen molar-refractivity contribution in [1.29, 1.82) is 0 Å². The Morgan fingerprint density at radius 1 is 1.59 bits per heavy atom. The third-order valence-electron chi connectivity index (χ3n) is 2.07. The minimum atomic E-state index is -0.373. The first-order valence-electron chi connectivity index (χ1n) is 4.97. The summed E-state index contributed by atoms with van der Waals surface area (Å²) in [5, 5.41) is 6.67. The monoisotopic (exact) mass is 253 g/mol. The van der Waals surface area contributed by atoms with Crippen molar-refractivity contribution in [2.45, 2.75) is 13.8 Å². The zero-order chi connectivity index (χ0) is 12.4. The van der Waals surface area contributed by atoms with Crippen molar-refractivity contribution in [2.24, 2.45) is 0 Å². The molecule has 2 aromatic heterocycles. The van der Waals surface area contributed by atoms with Crippen LogP contribution in [0.25, 0.3) is 11.5 Å². The first-order chi connectivity index (χ1) is 8.13. The first kappa shape index (κ1) is 11.5. The van der Waals surface area contributed by atoms with Crippen molar-refractivity contribution in [1.82, 2.24) is 19.8 Å². The fourth-order valence-electron chi connectivity index (χ4n) is 1.30. The second kappa shape index (κ2) is 4.50. The molecule has 2 aromatic rings. The highest BCUT2D eigenvalue weighted by atomic mass is 32.1. The van der Waals surface area contributed by atoms with Crippen molar-refractivity contribution in [3.63, 3.8) is 0 Å². The number of aryl methyl sites for hydroxylation is 1. The van der Waals surface area contributed by atoms with Gasteiger partial charge in [-0.3, -0.25) is 4.79 Å². The summed E-state index contributed by atoms with van der Waals surface area (Å²) in [6.07, 6.45) is 0. The molecule has 0 radical (unpaired) electrons. The molecule has 0 saturated heterocycles. The Morgan fingerprint density at radius 3 is 2.94 bits per heavy atom. The topological polar surface area (TPSA) is 107 Å². The van der Waals surface area contributed by atoms with Crippen LogP contribution in [0.4, 0.5) is 5.00 Å². The van der Waals surface area contributed by atoms with Crippen LogP contribution in [0.15, 0.2) is 4.52 Å². The molecule has 0 fully saturated rings. The number of hydrogen-bond donors (Lipinski definition) is 2. The number of carbonyl (C=O) groups is 1. The average Bonchev–Trinajstić information content (AvgIpc) is 2.86. The maximum Gasteiger partial charge on any atom is 0.292 e. The van der Waals surface area contributed by atoms with Gasteiger partial charge in [0.1, 0.15) is 5.00 Å². The van der Waals surface area contributed by atoms with E-state index >= 15 is 0 Å². The second-order valence-corrected chi connectivity index (χ2v) is 4.09. The van der Waals surface area contributed by atoms with Crippen LogP contribution in [0.1, 0.15) is 23.2 Å². The molecule has 90 valence electrons. The van der Waals surface area contributed by atoms with Crippen LogP contribution in [0.3, 0.4) is 0 Å². The summed E-state index contributed by atoms with van der Waals surface area (Å²) in [5.74, 6) is -0.163. The number of carbonyl (C=O) groups excluding carboxylic acids is 1. The quantitative estimate of drug-likeness (QED) is 0.839. The molecule has 0 aliphatic rings. The third-order valence-corrected chi connectivity index (χ3v) is 2.84. The molecule has 0 aliphatic carbocycles. The first-order valence-corrected chi connectivity index (χ1v) is 5.74. The lowest BCUT2D eigenvalue weighted by molar-refractivity contribution is 0.0942. The molecule has 0 aromatic carbocycles. The van der Waals surface area contributed by atoms with E-state index in [0.29, 0.717) is 22.8 Å². The van der Waals surface area contributed by atoms with Crippen molar-refractivity contribution in [2.75, 3.05) is 12.3 Å². The van der Waals surface area contributed by atoms with E-state index in [1.165, 1.54) is 0 Å². The summed E-state index contributed by atoms with van der Waals surface area (Å²) in [4.78, 5) is 15.4. The van der Waals surface area contributed by atoms with Crippen LogP contribution in [-0.4, -0.2) is 27.0 Å². The van der Waals surface area contributed by atoms with E-state index in [-0.39, 0.29) is 17.6 Å². The van der Waals surface area contributed by atoms with Crippen LogP contribution in [0.5, 0.6) is 0 Å². The number of nitrogens with two attached hydrogens (primary N) is 1. The van der Waals surface area contributed by atoms with Crippen LogP contribution < -0.4 is 11.1 Å². The lowest BCUT2D eigenvalue weighted by Crippen LogP contribution is -2.23. The van der Waals surface area contributed by atoms with Crippen molar-refractivity contribution < 1.29 is 9.32 Å². The minimum absolute atomic E-state index is 0.00755. The van der Waals surface area contributed by atoms with Crippen molar-refractivity contribution in [3.8, 4) is 11.5 Å². The summed E-state index contributed by atoms with van der Waals surface area (Å²) in [6, 6.07) is 0. The number of nitrogen functional groups attached to an aromatic ring is 1. The maximum atomic E-state index is 11.5. The number of nitrogens with one attached hydrogen (secondary N) is 1. The predicted molar refractivity (Wildman–Crippen MR) is 62.6 cm³/mol. The van der Waals surface area contributed by atoms with E-state index in [1.54, 1.807) is 6.92 Å². The molecule has 0 aliphatic heterocycles. The van der Waals surface area contributed by atoms with Crippen LogP contribution in [-0.2, 0) is 0 Å². The standard InChI is InChI=1S/C9H11N5O2S/c1-3-11-8(15)7-12-9(16-13-7)5-4(2)14-17-6(5)10/h3,10H2,1-2H3,(H,11,15). The fraction of sp³-hybridized carbons (Fsp3) is 0.333. The molecular formula is C9H11N5O2S. The highest BCUT2D eigenvalue weighted by Crippen LogP contribution is 2.30. The lowest BCUT2D eigenvalue weighted by atomic mass is 10.2. The summed E-state index contributed by atoms with van der Waals surface area (Å²) in [7, 11) is 0. The van der Waals surface area contributed by atoms with E-state index in [4.69, 9.17) is 10.3 Å². The normalized spacial score (nSPS) is 10.5. The van der Waals surface area contributed by atoms with Crippen LogP contribution >= 0.6 is 11.5 Å². The number of anilines is 1. The Kier molecular flexibility index (Phi) is 3.05. The van der Waals surface area contributed by atoms with Gasteiger partial charge < -0.3 is 15.6 Å². The number of amides is 1. The minimum Gasteiger partial charge on any atom is -0.389 e. The van der Waals surface area contributed by atoms with E-state index in [2.05, 4.69) is 19.8 Å². The molecule has 2 heterocycles. The number of aromatic nitrogens is 3. The second-order valence-electron chi connectivity index (χ2n) is 3.29. The van der Waals surface area contributed by atoms with Gasteiger partial charge >= 0.3 is 0 Å². The molecule has 2 rings (SSSR count). The van der Waals surface area contributed by atoms with Gasteiger partial charge in [0.15, 0.2) is 0 Å². The fourth-order valence-corrected chi connectivity index (χ4v) is 1.96. The van der Waals surface area contributed by atoms with Gasteiger partial charge in [-0.1, -0.05) is 5.16 Å². The molecule has 7 nitrogen and oxygen atoms in total. The largest absolute Gasteiger partial charge is 0.389 e. The zero-order valence-corrected chi connectivity index (χ0v) is 10.2. The van der Waals surface area contributed by atoms with Crippen LogP contribution in [0, 0.1) is 6.92 Å². The van der Waals surface area contributed by atoms with Gasteiger partial charge in [-0.15, -0.1) is 0 Å². The van der Waals surface area contributed by atoms with Gasteiger partial charge in [-0.05, 0) is 25.4 Å². The molecule has 0 bridgehead atoms. The summed E-state index contributed by atoms with van der Waals surface area (Å²) in [6.45, 7) is 4.10. The molecule has 3 N–H and O–H groups in total. The zero-order valence-electron chi connectivity index (χ0n) is 9.35. The molecule has 0 spiro atoms. The van der Waals surface area contributed by atoms with Gasteiger partial charge in [0.2, 0.25) is 0 Å². The molecule has 0 unspecified atom stereocenters. The molecular weight excluding hydrogens is 242 g/mol. The lowest BCUT2D eigenvalue weighted by Gasteiger charge is -1.94. The van der Waals surface area contributed by atoms with Gasteiger partial charge in [0.05, 0.1) is 11.3 Å². The summed E-state index contributed by atoms with van der Waals surface area (Å²) in [5.41, 5.74) is 7.05. The average molecular weight is 253 g/mol. The van der Waals surface area contributed by atoms with Gasteiger partial charge in [-0.25, -0.2) is 0 Å². The van der Waals surface area contributed by atoms with Gasteiger partial charge in [0.25, 0.3) is 17.6 Å². The highest BCUT2D eigenvalue weighted by molar-refractivity contribution is 7.10. The molecule has 0 saturated carbocycles. The van der Waals surface area contributed by atoms with E-state index in [1.807, 2.05) is 6.92 Å². The Morgan fingerprint density at radius 2 is 2.35 bits per heavy atom. The number of nitrogens with zero attached hydrogens (tertiary/aromatic N) is 3.